The van der Waals surface area contributed by atoms with Crippen molar-refractivity contribution >= 4 is 6.03 Å². The van der Waals surface area contributed by atoms with E-state index in [1.165, 1.54) is 0 Å². The van der Waals surface area contributed by atoms with Crippen molar-refractivity contribution in [2.75, 3.05) is 13.1 Å². The molecular formula is C18H26N4O2. The van der Waals surface area contributed by atoms with Crippen molar-refractivity contribution in [2.45, 2.75) is 32.8 Å². The Labute approximate surface area is 142 Å². The molecule has 2 amide bonds. The van der Waals surface area contributed by atoms with Gasteiger partial charge in [-0.25, -0.2) is 9.48 Å². The standard InChI is InChI=1S/C18H26N4O2/c1-14(2)12-17(23)13-20-18(24)19-10-8-15-4-6-16(7-5-15)22-11-3-9-21-22/h3-7,9,11,14,17,23H,8,10,12-13H2,1-2H3,(H2,19,20,24). The summed E-state index contributed by atoms with van der Waals surface area (Å²) in [6.45, 7) is 4.91. The van der Waals surface area contributed by atoms with Gasteiger partial charge in [0.05, 0.1) is 11.8 Å². The molecule has 6 nitrogen and oxygen atoms in total. The number of benzene rings is 1. The normalized spacial score (nSPS) is 12.2. The molecule has 24 heavy (non-hydrogen) atoms. The third kappa shape index (κ3) is 6.04. The first kappa shape index (κ1) is 18.0. The number of carbonyl (C=O) groups is 1. The van der Waals surface area contributed by atoms with Gasteiger partial charge in [-0.2, -0.15) is 5.10 Å². The van der Waals surface area contributed by atoms with Crippen LogP contribution in [0.1, 0.15) is 25.8 Å². The minimum Gasteiger partial charge on any atom is -0.391 e. The quantitative estimate of drug-likeness (QED) is 0.694. The van der Waals surface area contributed by atoms with Crippen LogP contribution in [0.25, 0.3) is 5.69 Å². The van der Waals surface area contributed by atoms with Crippen molar-refractivity contribution in [2.24, 2.45) is 5.92 Å². The number of aromatic nitrogens is 2. The lowest BCUT2D eigenvalue weighted by Gasteiger charge is -2.14. The van der Waals surface area contributed by atoms with Gasteiger partial charge in [-0.3, -0.25) is 0 Å². The van der Waals surface area contributed by atoms with E-state index in [0.29, 0.717) is 18.9 Å². The van der Waals surface area contributed by atoms with E-state index in [1.54, 1.807) is 10.9 Å². The van der Waals surface area contributed by atoms with Crippen molar-refractivity contribution in [3.8, 4) is 5.69 Å². The number of nitrogens with zero attached hydrogens (tertiary/aromatic N) is 2. The predicted octanol–water partition coefficient (Wildman–Crippen LogP) is 2.12. The summed E-state index contributed by atoms with van der Waals surface area (Å²) in [4.78, 5) is 11.7. The highest BCUT2D eigenvalue weighted by molar-refractivity contribution is 5.73. The highest BCUT2D eigenvalue weighted by Crippen LogP contribution is 2.08. The fraction of sp³-hybridized carbons (Fsp3) is 0.444. The molecule has 0 bridgehead atoms. The third-order valence-electron chi connectivity index (χ3n) is 3.65. The minimum absolute atomic E-state index is 0.244. The van der Waals surface area contributed by atoms with Crippen molar-refractivity contribution in [3.63, 3.8) is 0 Å². The van der Waals surface area contributed by atoms with Crippen molar-refractivity contribution in [1.82, 2.24) is 20.4 Å². The van der Waals surface area contributed by atoms with Crippen LogP contribution in [0, 0.1) is 5.92 Å². The van der Waals surface area contributed by atoms with Crippen LogP contribution in [0.2, 0.25) is 0 Å². The summed E-state index contributed by atoms with van der Waals surface area (Å²) in [5.74, 6) is 0.412. The van der Waals surface area contributed by atoms with Crippen molar-refractivity contribution < 1.29 is 9.90 Å². The molecule has 2 aromatic rings. The monoisotopic (exact) mass is 330 g/mol. The van der Waals surface area contributed by atoms with Crippen LogP contribution in [0.15, 0.2) is 42.7 Å². The number of aliphatic hydroxyl groups excluding tert-OH is 1. The number of hydrogen-bond acceptors (Lipinski definition) is 3. The number of amides is 2. The Bertz CT molecular complexity index is 608. The maximum Gasteiger partial charge on any atom is 0.314 e. The van der Waals surface area contributed by atoms with Crippen LogP contribution in [0.5, 0.6) is 0 Å². The van der Waals surface area contributed by atoms with E-state index < -0.39 is 6.10 Å². The molecule has 0 fully saturated rings. The molecule has 0 radical (unpaired) electrons. The molecule has 1 unspecified atom stereocenters. The number of hydrogen-bond donors (Lipinski definition) is 3. The Morgan fingerprint density at radius 1 is 1.25 bits per heavy atom. The van der Waals surface area contributed by atoms with Crippen molar-refractivity contribution in [3.05, 3.63) is 48.3 Å². The van der Waals surface area contributed by atoms with Gasteiger partial charge >= 0.3 is 6.03 Å². The summed E-state index contributed by atoms with van der Waals surface area (Å²) < 4.78 is 1.80. The SMILES string of the molecule is CC(C)CC(O)CNC(=O)NCCc1ccc(-n2cccn2)cc1. The van der Waals surface area contributed by atoms with Gasteiger partial charge < -0.3 is 15.7 Å². The highest BCUT2D eigenvalue weighted by Gasteiger charge is 2.08. The van der Waals surface area contributed by atoms with E-state index in [9.17, 15) is 9.90 Å². The fourth-order valence-electron chi connectivity index (χ4n) is 2.46. The van der Waals surface area contributed by atoms with Gasteiger partial charge in [-0.15, -0.1) is 0 Å². The van der Waals surface area contributed by atoms with E-state index in [-0.39, 0.29) is 12.6 Å². The number of carbonyl (C=O) groups excluding carboxylic acids is 1. The summed E-state index contributed by atoms with van der Waals surface area (Å²) in [6.07, 6.45) is 4.58. The molecule has 0 aliphatic rings. The summed E-state index contributed by atoms with van der Waals surface area (Å²) in [5.41, 5.74) is 2.15. The summed E-state index contributed by atoms with van der Waals surface area (Å²) in [6, 6.07) is 9.71. The maximum absolute atomic E-state index is 11.7. The lowest BCUT2D eigenvalue weighted by molar-refractivity contribution is 0.147. The Kier molecular flexibility index (Phi) is 6.81. The smallest absolute Gasteiger partial charge is 0.314 e. The molecule has 1 aromatic heterocycles. The highest BCUT2D eigenvalue weighted by atomic mass is 16.3. The van der Waals surface area contributed by atoms with Crippen LogP contribution in [-0.2, 0) is 6.42 Å². The predicted molar refractivity (Wildman–Crippen MR) is 94.1 cm³/mol. The van der Waals surface area contributed by atoms with Gasteiger partial charge in [-0.1, -0.05) is 26.0 Å². The Morgan fingerprint density at radius 2 is 2.00 bits per heavy atom. The zero-order chi connectivity index (χ0) is 17.4. The molecule has 3 N–H and O–H groups in total. The van der Waals surface area contributed by atoms with Gasteiger partial charge in [0.25, 0.3) is 0 Å². The first-order valence-corrected chi connectivity index (χ1v) is 8.33. The topological polar surface area (TPSA) is 79.2 Å². The minimum atomic E-state index is -0.495. The molecule has 1 aromatic carbocycles. The molecule has 0 aliphatic heterocycles. The van der Waals surface area contributed by atoms with Crippen LogP contribution in [0.4, 0.5) is 4.79 Å². The number of urea groups is 1. The van der Waals surface area contributed by atoms with Crippen LogP contribution >= 0.6 is 0 Å². The second kappa shape index (κ2) is 9.08. The average molecular weight is 330 g/mol. The lowest BCUT2D eigenvalue weighted by Crippen LogP contribution is -2.40. The summed E-state index contributed by atoms with van der Waals surface area (Å²) >= 11 is 0. The maximum atomic E-state index is 11.7. The molecule has 130 valence electrons. The Morgan fingerprint density at radius 3 is 2.62 bits per heavy atom. The van der Waals surface area contributed by atoms with Gasteiger partial charge in [0, 0.05) is 25.5 Å². The summed E-state index contributed by atoms with van der Waals surface area (Å²) in [7, 11) is 0. The molecule has 0 saturated carbocycles. The molecular weight excluding hydrogens is 304 g/mol. The Hall–Kier alpha value is -2.34. The van der Waals surface area contributed by atoms with Crippen LogP contribution in [-0.4, -0.2) is 40.1 Å². The first-order valence-electron chi connectivity index (χ1n) is 8.33. The number of aliphatic hydroxyl groups is 1. The van der Waals surface area contributed by atoms with Gasteiger partial charge in [0.15, 0.2) is 0 Å². The molecule has 0 saturated heterocycles. The average Bonchev–Trinajstić information content (AvgIpc) is 3.07. The van der Waals surface area contributed by atoms with Crippen LogP contribution < -0.4 is 10.6 Å². The first-order chi connectivity index (χ1) is 11.5. The largest absolute Gasteiger partial charge is 0.391 e. The zero-order valence-electron chi connectivity index (χ0n) is 14.3. The van der Waals surface area contributed by atoms with E-state index >= 15 is 0 Å². The van der Waals surface area contributed by atoms with Crippen LogP contribution in [0.3, 0.4) is 0 Å². The second-order valence-corrected chi connectivity index (χ2v) is 6.29. The molecule has 1 atom stereocenters. The lowest BCUT2D eigenvalue weighted by atomic mass is 10.1. The number of rotatable bonds is 8. The van der Waals surface area contributed by atoms with Crippen molar-refractivity contribution in [1.29, 1.82) is 0 Å². The van der Waals surface area contributed by atoms with Gasteiger partial charge in [0.1, 0.15) is 0 Å². The van der Waals surface area contributed by atoms with Gasteiger partial charge in [-0.05, 0) is 42.5 Å². The molecule has 6 heteroatoms. The summed E-state index contributed by atoms with van der Waals surface area (Å²) in [5, 5.41) is 19.4. The molecule has 0 aliphatic carbocycles. The fourth-order valence-corrected chi connectivity index (χ4v) is 2.46. The van der Waals surface area contributed by atoms with E-state index in [0.717, 1.165) is 17.7 Å². The molecule has 0 spiro atoms. The molecule has 2 rings (SSSR count). The Balaban J connectivity index is 1.67. The van der Waals surface area contributed by atoms with E-state index in [1.807, 2.05) is 50.4 Å². The zero-order valence-corrected chi connectivity index (χ0v) is 14.3. The molecule has 1 heterocycles. The number of nitrogens with one attached hydrogen (secondary N) is 2. The van der Waals surface area contributed by atoms with E-state index in [4.69, 9.17) is 0 Å². The van der Waals surface area contributed by atoms with E-state index in [2.05, 4.69) is 15.7 Å². The van der Waals surface area contributed by atoms with Gasteiger partial charge in [0.2, 0.25) is 0 Å². The second-order valence-electron chi connectivity index (χ2n) is 6.29. The third-order valence-corrected chi connectivity index (χ3v) is 3.65.